The molecule has 2 aromatic heterocycles. The standard InChI is InChI=1S/C13H15N5/c1-9(18-6-2-5-15-18)13-16-11-4-3-10(8-14)7-12(11)17-13/h2-7,9H,8,14H2,1H3,(H,16,17). The van der Waals surface area contributed by atoms with Crippen LogP contribution >= 0.6 is 0 Å². The average Bonchev–Trinajstić information content (AvgIpc) is 3.05. The van der Waals surface area contributed by atoms with Crippen molar-refractivity contribution in [2.45, 2.75) is 19.5 Å². The average molecular weight is 241 g/mol. The first-order valence-electron chi connectivity index (χ1n) is 5.95. The Balaban J connectivity index is 2.03. The van der Waals surface area contributed by atoms with Crippen molar-refractivity contribution >= 4 is 11.0 Å². The van der Waals surface area contributed by atoms with Crippen molar-refractivity contribution in [1.29, 1.82) is 0 Å². The van der Waals surface area contributed by atoms with Crippen molar-refractivity contribution in [3.05, 3.63) is 48.0 Å². The molecule has 5 nitrogen and oxygen atoms in total. The van der Waals surface area contributed by atoms with E-state index in [4.69, 9.17) is 5.73 Å². The molecule has 0 fully saturated rings. The van der Waals surface area contributed by atoms with Crippen molar-refractivity contribution in [2.75, 3.05) is 0 Å². The van der Waals surface area contributed by atoms with E-state index in [0.717, 1.165) is 22.4 Å². The predicted molar refractivity (Wildman–Crippen MR) is 70.0 cm³/mol. The van der Waals surface area contributed by atoms with E-state index >= 15 is 0 Å². The topological polar surface area (TPSA) is 72.5 Å². The lowest BCUT2D eigenvalue weighted by Crippen LogP contribution is -2.08. The molecule has 0 saturated heterocycles. The SMILES string of the molecule is CC(c1nc2ccc(CN)cc2[nH]1)n1cccn1. The van der Waals surface area contributed by atoms with Crippen molar-refractivity contribution in [3.8, 4) is 0 Å². The van der Waals surface area contributed by atoms with Crippen LogP contribution in [0.25, 0.3) is 11.0 Å². The zero-order chi connectivity index (χ0) is 12.5. The molecule has 3 aromatic rings. The largest absolute Gasteiger partial charge is 0.340 e. The summed E-state index contributed by atoms with van der Waals surface area (Å²) in [6, 6.07) is 8.04. The molecule has 0 aliphatic heterocycles. The summed E-state index contributed by atoms with van der Waals surface area (Å²) in [5, 5.41) is 4.23. The minimum Gasteiger partial charge on any atom is -0.340 e. The second kappa shape index (κ2) is 4.27. The Morgan fingerprint density at radius 1 is 1.44 bits per heavy atom. The number of aromatic nitrogens is 4. The van der Waals surface area contributed by atoms with Gasteiger partial charge >= 0.3 is 0 Å². The van der Waals surface area contributed by atoms with Crippen LogP contribution in [0.15, 0.2) is 36.7 Å². The summed E-state index contributed by atoms with van der Waals surface area (Å²) in [5.41, 5.74) is 8.72. The van der Waals surface area contributed by atoms with Gasteiger partial charge < -0.3 is 10.7 Å². The third-order valence-corrected chi connectivity index (χ3v) is 3.12. The molecule has 92 valence electrons. The van der Waals surface area contributed by atoms with Gasteiger partial charge in [0, 0.05) is 18.9 Å². The molecule has 5 heteroatoms. The lowest BCUT2D eigenvalue weighted by Gasteiger charge is -2.08. The van der Waals surface area contributed by atoms with Crippen molar-refractivity contribution < 1.29 is 0 Å². The highest BCUT2D eigenvalue weighted by molar-refractivity contribution is 5.75. The van der Waals surface area contributed by atoms with Gasteiger partial charge in [0.1, 0.15) is 11.9 Å². The van der Waals surface area contributed by atoms with Crippen molar-refractivity contribution in [2.24, 2.45) is 5.73 Å². The van der Waals surface area contributed by atoms with E-state index in [1.807, 2.05) is 35.1 Å². The number of hydrogen-bond donors (Lipinski definition) is 2. The Hall–Kier alpha value is -2.14. The fraction of sp³-hybridized carbons (Fsp3) is 0.231. The van der Waals surface area contributed by atoms with Gasteiger partial charge in [-0.25, -0.2) is 4.98 Å². The number of H-pyrrole nitrogens is 1. The van der Waals surface area contributed by atoms with Gasteiger partial charge in [-0.1, -0.05) is 6.07 Å². The van der Waals surface area contributed by atoms with E-state index in [0.29, 0.717) is 6.54 Å². The number of rotatable bonds is 3. The number of nitrogens with one attached hydrogen (secondary N) is 1. The summed E-state index contributed by atoms with van der Waals surface area (Å²) in [6.45, 7) is 2.60. The fourth-order valence-corrected chi connectivity index (χ4v) is 2.04. The molecule has 2 heterocycles. The third-order valence-electron chi connectivity index (χ3n) is 3.12. The molecule has 0 spiro atoms. The molecule has 1 aromatic carbocycles. The van der Waals surface area contributed by atoms with Crippen LogP contribution in [0.5, 0.6) is 0 Å². The van der Waals surface area contributed by atoms with Crippen LogP contribution in [0, 0.1) is 0 Å². The van der Waals surface area contributed by atoms with Crippen LogP contribution in [0.3, 0.4) is 0 Å². The fourth-order valence-electron chi connectivity index (χ4n) is 2.04. The first-order chi connectivity index (χ1) is 8.78. The van der Waals surface area contributed by atoms with E-state index < -0.39 is 0 Å². The van der Waals surface area contributed by atoms with Crippen LogP contribution in [0.1, 0.15) is 24.4 Å². The van der Waals surface area contributed by atoms with Crippen LogP contribution in [0.2, 0.25) is 0 Å². The number of benzene rings is 1. The molecule has 0 aliphatic carbocycles. The van der Waals surface area contributed by atoms with E-state index in [1.54, 1.807) is 6.20 Å². The molecule has 1 unspecified atom stereocenters. The van der Waals surface area contributed by atoms with Gasteiger partial charge in [-0.15, -0.1) is 0 Å². The zero-order valence-corrected chi connectivity index (χ0v) is 10.2. The summed E-state index contributed by atoms with van der Waals surface area (Å²) in [4.78, 5) is 7.92. The first-order valence-corrected chi connectivity index (χ1v) is 5.95. The maximum atomic E-state index is 5.64. The third kappa shape index (κ3) is 1.78. The molecular formula is C13H15N5. The lowest BCUT2D eigenvalue weighted by atomic mass is 10.2. The van der Waals surface area contributed by atoms with E-state index in [9.17, 15) is 0 Å². The number of hydrogen-bond acceptors (Lipinski definition) is 3. The molecule has 3 N–H and O–H groups in total. The number of nitrogens with zero attached hydrogens (tertiary/aromatic N) is 3. The van der Waals surface area contributed by atoms with E-state index in [2.05, 4.69) is 22.0 Å². The van der Waals surface area contributed by atoms with Crippen molar-refractivity contribution in [1.82, 2.24) is 19.7 Å². The molecular weight excluding hydrogens is 226 g/mol. The number of imidazole rings is 1. The van der Waals surface area contributed by atoms with Crippen LogP contribution in [-0.4, -0.2) is 19.7 Å². The second-order valence-electron chi connectivity index (χ2n) is 4.34. The first kappa shape index (κ1) is 11.0. The summed E-state index contributed by atoms with van der Waals surface area (Å²) < 4.78 is 1.88. The Morgan fingerprint density at radius 2 is 2.33 bits per heavy atom. The minimum atomic E-state index is 0.0914. The molecule has 0 saturated carbocycles. The lowest BCUT2D eigenvalue weighted by molar-refractivity contribution is 0.542. The molecule has 0 aliphatic rings. The minimum absolute atomic E-state index is 0.0914. The van der Waals surface area contributed by atoms with Gasteiger partial charge in [0.2, 0.25) is 0 Å². The summed E-state index contributed by atoms with van der Waals surface area (Å²) in [5.74, 6) is 0.905. The highest BCUT2D eigenvalue weighted by Gasteiger charge is 2.12. The predicted octanol–water partition coefficient (Wildman–Crippen LogP) is 1.83. The maximum Gasteiger partial charge on any atom is 0.131 e. The van der Waals surface area contributed by atoms with E-state index in [-0.39, 0.29) is 6.04 Å². The van der Waals surface area contributed by atoms with Gasteiger partial charge in [-0.05, 0) is 30.7 Å². The Kier molecular flexibility index (Phi) is 2.60. The van der Waals surface area contributed by atoms with Crippen molar-refractivity contribution in [3.63, 3.8) is 0 Å². The van der Waals surface area contributed by atoms with Crippen LogP contribution in [-0.2, 0) is 6.54 Å². The zero-order valence-electron chi connectivity index (χ0n) is 10.2. The van der Waals surface area contributed by atoms with Crippen LogP contribution in [0.4, 0.5) is 0 Å². The molecule has 0 radical (unpaired) electrons. The van der Waals surface area contributed by atoms with Gasteiger partial charge in [-0.3, -0.25) is 4.68 Å². The van der Waals surface area contributed by atoms with Gasteiger partial charge in [0.25, 0.3) is 0 Å². The smallest absolute Gasteiger partial charge is 0.131 e. The van der Waals surface area contributed by atoms with Gasteiger partial charge in [0.05, 0.1) is 11.0 Å². The van der Waals surface area contributed by atoms with E-state index in [1.165, 1.54) is 0 Å². The molecule has 0 bridgehead atoms. The molecule has 3 rings (SSSR count). The summed E-state index contributed by atoms with van der Waals surface area (Å²) in [7, 11) is 0. The Bertz CT molecular complexity index is 653. The second-order valence-corrected chi connectivity index (χ2v) is 4.34. The summed E-state index contributed by atoms with van der Waals surface area (Å²) in [6.07, 6.45) is 3.70. The highest BCUT2D eigenvalue weighted by atomic mass is 15.3. The number of aromatic amines is 1. The number of fused-ring (bicyclic) bond motifs is 1. The normalized spacial score (nSPS) is 13.0. The molecule has 0 amide bonds. The monoisotopic (exact) mass is 241 g/mol. The molecule has 1 atom stereocenters. The Morgan fingerprint density at radius 3 is 3.06 bits per heavy atom. The number of nitrogens with two attached hydrogens (primary N) is 1. The Labute approximate surface area is 105 Å². The maximum absolute atomic E-state index is 5.64. The molecule has 18 heavy (non-hydrogen) atoms. The summed E-state index contributed by atoms with van der Waals surface area (Å²) >= 11 is 0. The highest BCUT2D eigenvalue weighted by Crippen LogP contribution is 2.19. The van der Waals surface area contributed by atoms with Gasteiger partial charge in [0.15, 0.2) is 0 Å². The van der Waals surface area contributed by atoms with Crippen LogP contribution < -0.4 is 5.73 Å². The quantitative estimate of drug-likeness (QED) is 0.734. The van der Waals surface area contributed by atoms with Gasteiger partial charge in [-0.2, -0.15) is 5.10 Å².